The summed E-state index contributed by atoms with van der Waals surface area (Å²) < 4.78 is 41.6. The third kappa shape index (κ3) is 2.62. The van der Waals surface area contributed by atoms with E-state index in [0.717, 1.165) is 17.9 Å². The van der Waals surface area contributed by atoms with Crippen LogP contribution in [0.4, 0.5) is 4.79 Å². The largest absolute Gasteiger partial charge is 0.421 e. The lowest BCUT2D eigenvalue weighted by Crippen LogP contribution is -2.43. The van der Waals surface area contributed by atoms with E-state index >= 15 is 0 Å². The molecule has 5 rings (SSSR count). The lowest BCUT2D eigenvalue weighted by Gasteiger charge is -2.34. The first-order chi connectivity index (χ1) is 12.8. The molecule has 0 radical (unpaired) electrons. The number of piperidine rings is 1. The van der Waals surface area contributed by atoms with E-state index < -0.39 is 28.5 Å². The predicted octanol–water partition coefficient (Wildman–Crippen LogP) is -0.906. The van der Waals surface area contributed by atoms with Crippen LogP contribution >= 0.6 is 0 Å². The van der Waals surface area contributed by atoms with Gasteiger partial charge in [0.05, 0.1) is 12.6 Å². The van der Waals surface area contributed by atoms with Crippen LogP contribution in [0, 0.1) is 5.41 Å². The first kappa shape index (κ1) is 16.7. The Bertz CT molecular complexity index is 941. The summed E-state index contributed by atoms with van der Waals surface area (Å²) in [5.74, 6) is 0.882. The first-order valence-electron chi connectivity index (χ1n) is 8.42. The van der Waals surface area contributed by atoms with Crippen LogP contribution in [0.2, 0.25) is 0 Å². The molecular weight excluding hydrogens is 382 g/mol. The molecule has 0 unspecified atom stereocenters. The predicted molar refractivity (Wildman–Crippen MR) is 86.1 cm³/mol. The molecular formula is C13H17N7O6S. The number of nitrogens with zero attached hydrogens (tertiary/aromatic N) is 5. The van der Waals surface area contributed by atoms with Gasteiger partial charge >= 0.3 is 16.4 Å². The second-order valence-electron chi connectivity index (χ2n) is 7.26. The number of aromatic nitrogens is 2. The van der Waals surface area contributed by atoms with Gasteiger partial charge in [-0.2, -0.15) is 13.5 Å². The van der Waals surface area contributed by atoms with Gasteiger partial charge in [-0.25, -0.2) is 4.79 Å². The maximum atomic E-state index is 12.7. The van der Waals surface area contributed by atoms with Crippen molar-refractivity contribution in [2.45, 2.75) is 37.4 Å². The number of nitrogens with two attached hydrogens (primary N) is 1. The smallest absolute Gasteiger partial charge is 0.418 e. The number of hydrogen-bond donors (Lipinski definition) is 3. The van der Waals surface area contributed by atoms with Crippen LogP contribution < -0.4 is 11.1 Å². The number of fused-ring (bicyclic) bond motifs is 3. The van der Waals surface area contributed by atoms with Crippen LogP contribution in [0.3, 0.4) is 0 Å². The molecule has 1 saturated carbocycles. The minimum atomic E-state index is -4.80. The maximum Gasteiger partial charge on any atom is 0.418 e. The molecule has 1 aliphatic carbocycles. The summed E-state index contributed by atoms with van der Waals surface area (Å²) in [6, 6.07) is -1.91. The molecule has 27 heavy (non-hydrogen) atoms. The maximum absolute atomic E-state index is 12.7. The molecule has 1 aromatic rings. The number of aliphatic imine (C=N–C) groups is 1. The van der Waals surface area contributed by atoms with Crippen molar-refractivity contribution in [3.63, 3.8) is 0 Å². The molecule has 2 bridgehead atoms. The summed E-state index contributed by atoms with van der Waals surface area (Å²) in [6.07, 6.45) is 2.18. The quantitative estimate of drug-likeness (QED) is 0.537. The summed E-state index contributed by atoms with van der Waals surface area (Å²) in [4.78, 5) is 18.1. The SMILES string of the molecule is NC1=NC[C@@H](c2nnc([C@@H]3CC4(CC4)[C@@H]4CN3C(=O)N4OS(=O)(=O)O)o2)N1. The monoisotopic (exact) mass is 399 g/mol. The Labute approximate surface area is 153 Å². The van der Waals surface area contributed by atoms with Gasteiger partial charge in [-0.05, 0) is 24.7 Å². The molecule has 3 atom stereocenters. The third-order valence-electron chi connectivity index (χ3n) is 5.64. The van der Waals surface area contributed by atoms with E-state index in [0.29, 0.717) is 24.8 Å². The number of carbonyl (C=O) groups excluding carboxylic acids is 1. The fourth-order valence-corrected chi connectivity index (χ4v) is 4.53. The standard InChI is InChI=1S/C13H17N7O6S/c14-11-15-4-6(16-11)9-17-18-10(25-9)7-3-13(1-2-13)8-5-19(7)12(21)20(8)26-27(22,23)24/h6-8H,1-5H2,(H3,14,15,16)(H,22,23,24)/t6-,7-,8-/m0/s1. The molecule has 13 nitrogen and oxygen atoms in total. The average molecular weight is 399 g/mol. The number of hydroxylamine groups is 2. The van der Waals surface area contributed by atoms with Crippen LogP contribution in [-0.2, 0) is 14.7 Å². The summed E-state index contributed by atoms with van der Waals surface area (Å²) >= 11 is 0. The number of hydrogen-bond acceptors (Lipinski definition) is 10. The van der Waals surface area contributed by atoms with Crippen molar-refractivity contribution in [1.82, 2.24) is 25.5 Å². The zero-order valence-corrected chi connectivity index (χ0v) is 14.8. The molecule has 2 saturated heterocycles. The van der Waals surface area contributed by atoms with E-state index in [-0.39, 0.29) is 23.9 Å². The molecule has 1 spiro atoms. The van der Waals surface area contributed by atoms with E-state index in [2.05, 4.69) is 24.8 Å². The lowest BCUT2D eigenvalue weighted by molar-refractivity contribution is -0.0530. The minimum absolute atomic E-state index is 0.258. The van der Waals surface area contributed by atoms with Crippen molar-refractivity contribution < 1.29 is 26.5 Å². The zero-order valence-electron chi connectivity index (χ0n) is 14.0. The molecule has 3 aliphatic heterocycles. The summed E-state index contributed by atoms with van der Waals surface area (Å²) in [5.41, 5.74) is 5.31. The molecule has 0 aromatic carbocycles. The van der Waals surface area contributed by atoms with Gasteiger partial charge in [-0.1, -0.05) is 0 Å². The van der Waals surface area contributed by atoms with Crippen LogP contribution in [0.1, 0.15) is 43.1 Å². The van der Waals surface area contributed by atoms with Crippen molar-refractivity contribution in [1.29, 1.82) is 0 Å². The van der Waals surface area contributed by atoms with Gasteiger partial charge in [-0.15, -0.1) is 14.5 Å². The van der Waals surface area contributed by atoms with E-state index in [1.165, 1.54) is 4.90 Å². The third-order valence-corrected chi connectivity index (χ3v) is 5.99. The minimum Gasteiger partial charge on any atom is -0.421 e. The number of nitrogens with one attached hydrogen (secondary N) is 1. The second kappa shape index (κ2) is 5.30. The van der Waals surface area contributed by atoms with Gasteiger partial charge in [0.1, 0.15) is 12.1 Å². The molecule has 1 aromatic heterocycles. The molecule has 4 aliphatic rings. The number of amides is 2. The second-order valence-corrected chi connectivity index (χ2v) is 8.27. The summed E-state index contributed by atoms with van der Waals surface area (Å²) in [5, 5.41) is 11.8. The van der Waals surface area contributed by atoms with Crippen molar-refractivity contribution in [3.05, 3.63) is 11.8 Å². The highest BCUT2D eigenvalue weighted by molar-refractivity contribution is 7.80. The van der Waals surface area contributed by atoms with E-state index in [1.807, 2.05) is 0 Å². The van der Waals surface area contributed by atoms with E-state index in [9.17, 15) is 13.2 Å². The fraction of sp³-hybridized carbons (Fsp3) is 0.692. The van der Waals surface area contributed by atoms with Gasteiger partial charge in [-0.3, -0.25) is 9.55 Å². The summed E-state index contributed by atoms with van der Waals surface area (Å²) in [6.45, 7) is 0.636. The Morgan fingerprint density at radius 2 is 2.07 bits per heavy atom. The zero-order chi connectivity index (χ0) is 19.0. The van der Waals surface area contributed by atoms with Crippen LogP contribution in [0.5, 0.6) is 0 Å². The van der Waals surface area contributed by atoms with Crippen LogP contribution in [-0.4, -0.2) is 64.3 Å². The fourth-order valence-electron chi connectivity index (χ4n) is 4.16. The van der Waals surface area contributed by atoms with Gasteiger partial charge in [0.15, 0.2) is 5.96 Å². The average Bonchev–Trinajstić information content (AvgIpc) is 2.97. The molecule has 146 valence electrons. The normalized spacial score (nSPS) is 31.4. The van der Waals surface area contributed by atoms with Gasteiger partial charge in [0.2, 0.25) is 11.8 Å². The molecule has 14 heteroatoms. The first-order valence-corrected chi connectivity index (χ1v) is 9.79. The Morgan fingerprint density at radius 1 is 1.33 bits per heavy atom. The Morgan fingerprint density at radius 3 is 2.70 bits per heavy atom. The Hall–Kier alpha value is -2.45. The highest BCUT2D eigenvalue weighted by Gasteiger charge is 2.65. The molecule has 4 N–H and O–H groups in total. The van der Waals surface area contributed by atoms with Crippen LogP contribution in [0.25, 0.3) is 0 Å². The van der Waals surface area contributed by atoms with Crippen molar-refractivity contribution in [2.24, 2.45) is 16.1 Å². The molecule has 2 amide bonds. The topological polar surface area (TPSA) is 176 Å². The number of carbonyl (C=O) groups is 1. The number of urea groups is 1. The lowest BCUT2D eigenvalue weighted by atomic mass is 9.85. The van der Waals surface area contributed by atoms with Gasteiger partial charge in [0, 0.05) is 6.54 Å². The van der Waals surface area contributed by atoms with E-state index in [4.69, 9.17) is 14.7 Å². The van der Waals surface area contributed by atoms with Crippen molar-refractivity contribution in [2.75, 3.05) is 13.1 Å². The van der Waals surface area contributed by atoms with Crippen molar-refractivity contribution in [3.8, 4) is 0 Å². The number of rotatable bonds is 4. The highest BCUT2D eigenvalue weighted by Crippen LogP contribution is 2.61. The Balaban J connectivity index is 1.42. The summed E-state index contributed by atoms with van der Waals surface area (Å²) in [7, 11) is -4.80. The molecule has 4 heterocycles. The van der Waals surface area contributed by atoms with Crippen LogP contribution in [0.15, 0.2) is 9.41 Å². The van der Waals surface area contributed by atoms with E-state index in [1.54, 1.807) is 0 Å². The molecule has 3 fully saturated rings. The van der Waals surface area contributed by atoms with Crippen molar-refractivity contribution >= 4 is 22.4 Å². The van der Waals surface area contributed by atoms with Gasteiger partial charge in [0.25, 0.3) is 0 Å². The Kier molecular flexibility index (Phi) is 3.28. The number of guanidine groups is 1. The van der Waals surface area contributed by atoms with Gasteiger partial charge < -0.3 is 20.4 Å². The highest BCUT2D eigenvalue weighted by atomic mass is 32.3.